The van der Waals surface area contributed by atoms with Crippen molar-refractivity contribution in [1.29, 1.82) is 0 Å². The molecule has 1 aliphatic heterocycles. The van der Waals surface area contributed by atoms with Gasteiger partial charge in [-0.2, -0.15) is 0 Å². The van der Waals surface area contributed by atoms with E-state index in [1.807, 2.05) is 6.07 Å². The van der Waals surface area contributed by atoms with Crippen LogP contribution < -0.4 is 5.56 Å². The van der Waals surface area contributed by atoms with Crippen LogP contribution >= 0.6 is 66.1 Å². The summed E-state index contributed by atoms with van der Waals surface area (Å²) in [6.45, 7) is 0. The van der Waals surface area contributed by atoms with Gasteiger partial charge in [-0.25, -0.2) is 4.98 Å². The van der Waals surface area contributed by atoms with Gasteiger partial charge in [0.2, 0.25) is 5.78 Å². The van der Waals surface area contributed by atoms with Crippen molar-refractivity contribution >= 4 is 82.7 Å². The highest BCUT2D eigenvalue weighted by atomic mass is 127. The van der Waals surface area contributed by atoms with Gasteiger partial charge in [0.05, 0.1) is 27.2 Å². The second-order valence-electron chi connectivity index (χ2n) is 4.94. The first-order chi connectivity index (χ1) is 10.9. The summed E-state index contributed by atoms with van der Waals surface area (Å²) >= 11 is 15.1. The minimum atomic E-state index is -0.356. The third-order valence-corrected chi connectivity index (χ3v) is 6.16. The molecule has 8 heteroatoms. The van der Waals surface area contributed by atoms with E-state index < -0.39 is 0 Å². The molecule has 0 amide bonds. The number of carbonyl (C=O) groups is 1. The molecule has 2 aromatic carbocycles. The fourth-order valence-electron chi connectivity index (χ4n) is 2.64. The third-order valence-electron chi connectivity index (χ3n) is 3.64. The molecule has 0 atom stereocenters. The lowest BCUT2D eigenvalue weighted by molar-refractivity contribution is 0.103. The summed E-state index contributed by atoms with van der Waals surface area (Å²) < 4.78 is 3.44. The number of fused-ring (bicyclic) bond motifs is 4. The Labute approximate surface area is 165 Å². The third kappa shape index (κ3) is 2.16. The van der Waals surface area contributed by atoms with Gasteiger partial charge in [-0.3, -0.25) is 14.2 Å². The zero-order valence-corrected chi connectivity index (χ0v) is 17.1. The van der Waals surface area contributed by atoms with Crippen LogP contribution in [0.25, 0.3) is 16.6 Å². The van der Waals surface area contributed by atoms with Gasteiger partial charge in [0.25, 0.3) is 5.56 Å². The van der Waals surface area contributed by atoms with Crippen LogP contribution in [0.15, 0.2) is 38.0 Å². The topological polar surface area (TPSA) is 52.0 Å². The molecule has 0 bridgehead atoms. The summed E-state index contributed by atoms with van der Waals surface area (Å²) in [6.07, 6.45) is 0. The Kier molecular flexibility index (Phi) is 3.67. The molecule has 4 nitrogen and oxygen atoms in total. The SMILES string of the molecule is O=C1c2cc(I)ccc2-n2c1nc1c(Br)cc(Br)c(Cl)c1c2=O. The van der Waals surface area contributed by atoms with Crippen LogP contribution in [0.5, 0.6) is 0 Å². The Hall–Kier alpha value is -0.770. The van der Waals surface area contributed by atoms with Gasteiger partial charge in [0.15, 0.2) is 5.82 Å². The first-order valence-corrected chi connectivity index (χ1v) is 9.39. The molecule has 4 rings (SSSR count). The minimum Gasteiger partial charge on any atom is -0.285 e. The Balaban J connectivity index is 2.23. The summed E-state index contributed by atoms with van der Waals surface area (Å²) in [5.74, 6) is -0.151. The molecule has 3 aromatic rings. The fraction of sp³-hybridized carbons (Fsp3) is 0. The molecular formula is C15H4Br2ClIN2O2. The maximum atomic E-state index is 13.0. The monoisotopic (exact) mass is 564 g/mol. The molecule has 0 unspecified atom stereocenters. The first-order valence-electron chi connectivity index (χ1n) is 6.35. The second kappa shape index (κ2) is 5.37. The average molecular weight is 566 g/mol. The van der Waals surface area contributed by atoms with Crippen molar-refractivity contribution in [3.63, 3.8) is 0 Å². The summed E-state index contributed by atoms with van der Waals surface area (Å²) in [4.78, 5) is 30.0. The van der Waals surface area contributed by atoms with E-state index >= 15 is 0 Å². The lowest BCUT2D eigenvalue weighted by Gasteiger charge is -2.09. The molecule has 23 heavy (non-hydrogen) atoms. The molecule has 0 saturated heterocycles. The van der Waals surface area contributed by atoms with Crippen LogP contribution in [0, 0.1) is 3.57 Å². The van der Waals surface area contributed by atoms with E-state index in [4.69, 9.17) is 11.6 Å². The van der Waals surface area contributed by atoms with Crippen molar-refractivity contribution in [1.82, 2.24) is 9.55 Å². The molecule has 1 aliphatic rings. The minimum absolute atomic E-state index is 0.110. The van der Waals surface area contributed by atoms with E-state index in [0.29, 0.717) is 25.7 Å². The van der Waals surface area contributed by atoms with Crippen molar-refractivity contribution in [3.05, 3.63) is 63.5 Å². The number of halogens is 4. The molecule has 2 heterocycles. The number of ketones is 1. The van der Waals surface area contributed by atoms with E-state index in [1.165, 1.54) is 4.57 Å². The number of carbonyl (C=O) groups excluding carboxylic acids is 1. The lowest BCUT2D eigenvalue weighted by atomic mass is 10.1. The van der Waals surface area contributed by atoms with E-state index in [0.717, 1.165) is 3.57 Å². The molecule has 0 saturated carbocycles. The number of nitrogens with zero attached hydrogens (tertiary/aromatic N) is 2. The standard InChI is InChI=1S/C15H4Br2ClIN2O2/c16-7-4-8(17)12-10(11(7)18)15(23)21-9-2-1-5(19)3-6(9)13(22)14(21)20-12/h1-4H. The normalized spacial score (nSPS) is 12.6. The fourth-order valence-corrected chi connectivity index (χ4v) is 4.60. The highest BCUT2D eigenvalue weighted by molar-refractivity contribution is 14.1. The smallest absolute Gasteiger partial charge is 0.267 e. The number of aromatic nitrogens is 2. The number of benzene rings is 2. The average Bonchev–Trinajstić information content (AvgIpc) is 2.78. The summed E-state index contributed by atoms with van der Waals surface area (Å²) in [5.41, 5.74) is 1.04. The molecule has 0 spiro atoms. The lowest BCUT2D eigenvalue weighted by Crippen LogP contribution is -2.22. The van der Waals surface area contributed by atoms with Gasteiger partial charge in [0, 0.05) is 12.5 Å². The Morgan fingerprint density at radius 1 is 1.13 bits per heavy atom. The van der Waals surface area contributed by atoms with Crippen LogP contribution in [0.3, 0.4) is 0 Å². The maximum Gasteiger partial charge on any atom is 0.267 e. The summed E-state index contributed by atoms with van der Waals surface area (Å²) in [6, 6.07) is 7.06. The number of rotatable bonds is 0. The van der Waals surface area contributed by atoms with Crippen LogP contribution in [0.4, 0.5) is 0 Å². The van der Waals surface area contributed by atoms with Crippen LogP contribution in [-0.4, -0.2) is 15.3 Å². The number of hydrogen-bond acceptors (Lipinski definition) is 3. The van der Waals surface area contributed by atoms with E-state index in [-0.39, 0.29) is 27.6 Å². The predicted molar refractivity (Wildman–Crippen MR) is 104 cm³/mol. The van der Waals surface area contributed by atoms with Gasteiger partial charge in [-0.15, -0.1) is 0 Å². The van der Waals surface area contributed by atoms with E-state index in [1.54, 1.807) is 18.2 Å². The second-order valence-corrected chi connectivity index (χ2v) is 8.28. The quantitative estimate of drug-likeness (QED) is 0.229. The predicted octanol–water partition coefficient (Wildman–Crippen LogP) is 4.71. The van der Waals surface area contributed by atoms with Gasteiger partial charge in [-0.1, -0.05) is 11.6 Å². The Morgan fingerprint density at radius 3 is 2.61 bits per heavy atom. The molecule has 0 radical (unpaired) electrons. The zero-order valence-electron chi connectivity index (χ0n) is 11.0. The van der Waals surface area contributed by atoms with Crippen LogP contribution in [-0.2, 0) is 0 Å². The Bertz CT molecular complexity index is 1110. The molecular weight excluding hydrogens is 562 g/mol. The van der Waals surface area contributed by atoms with E-state index in [9.17, 15) is 9.59 Å². The van der Waals surface area contributed by atoms with Gasteiger partial charge < -0.3 is 0 Å². The zero-order chi connectivity index (χ0) is 16.5. The largest absolute Gasteiger partial charge is 0.285 e. The van der Waals surface area contributed by atoms with Gasteiger partial charge in [-0.05, 0) is 78.7 Å². The molecule has 0 aliphatic carbocycles. The van der Waals surface area contributed by atoms with Gasteiger partial charge in [0.1, 0.15) is 0 Å². The van der Waals surface area contributed by atoms with E-state index in [2.05, 4.69) is 59.4 Å². The molecule has 0 fully saturated rings. The Morgan fingerprint density at radius 2 is 1.87 bits per heavy atom. The van der Waals surface area contributed by atoms with Crippen molar-refractivity contribution < 1.29 is 4.79 Å². The first kappa shape index (κ1) is 15.7. The summed E-state index contributed by atoms with van der Waals surface area (Å²) in [7, 11) is 0. The molecule has 114 valence electrons. The highest BCUT2D eigenvalue weighted by Crippen LogP contribution is 2.35. The molecule has 1 aromatic heterocycles. The summed E-state index contributed by atoms with van der Waals surface area (Å²) in [5, 5.41) is 0.554. The van der Waals surface area contributed by atoms with Crippen molar-refractivity contribution in [2.45, 2.75) is 0 Å². The van der Waals surface area contributed by atoms with Gasteiger partial charge >= 0.3 is 0 Å². The molecule has 0 N–H and O–H groups in total. The highest BCUT2D eigenvalue weighted by Gasteiger charge is 2.31. The maximum absolute atomic E-state index is 13.0. The van der Waals surface area contributed by atoms with Crippen LogP contribution in [0.1, 0.15) is 16.2 Å². The van der Waals surface area contributed by atoms with Crippen molar-refractivity contribution in [2.24, 2.45) is 0 Å². The van der Waals surface area contributed by atoms with Crippen molar-refractivity contribution in [3.8, 4) is 5.69 Å². The number of hydrogen-bond donors (Lipinski definition) is 0. The van der Waals surface area contributed by atoms with Crippen LogP contribution in [0.2, 0.25) is 5.02 Å². The van der Waals surface area contributed by atoms with Crippen molar-refractivity contribution in [2.75, 3.05) is 0 Å².